The van der Waals surface area contributed by atoms with Crippen LogP contribution in [0.5, 0.6) is 28.7 Å². The molecular formula is C61H77ClO5. The zero-order valence-electron chi connectivity index (χ0n) is 43.5. The van der Waals surface area contributed by atoms with Crippen molar-refractivity contribution in [1.29, 1.82) is 0 Å². The number of benzene rings is 5. The molecule has 0 saturated carbocycles. The Balaban J connectivity index is 1.55. The molecule has 358 valence electrons. The molecule has 0 radical (unpaired) electrons. The highest BCUT2D eigenvalue weighted by atomic mass is 35.5. The highest BCUT2D eigenvalue weighted by molar-refractivity contribution is 6.18. The van der Waals surface area contributed by atoms with Crippen molar-refractivity contribution in [2.45, 2.75) is 163 Å². The van der Waals surface area contributed by atoms with Crippen molar-refractivity contribution in [3.63, 3.8) is 0 Å². The zero-order valence-corrected chi connectivity index (χ0v) is 44.2. The molecule has 0 spiro atoms. The van der Waals surface area contributed by atoms with Gasteiger partial charge in [0.05, 0.1) is 5.88 Å². The fourth-order valence-electron chi connectivity index (χ4n) is 9.92. The SMILES string of the molecule is CC(C)(C)c1cc2c(OCCCl)c(c1)Cc1cc(C(C)(C)C)cc3c1OCCOc1c(cc(C(C)(C)C)cc1Cc1cc(C(C)(C)C)cc4c1OCCOc1c(cc(C(C)(C)C)cc1C4)C3)C2. The first kappa shape index (κ1) is 48.8. The van der Waals surface area contributed by atoms with E-state index >= 15 is 0 Å². The summed E-state index contributed by atoms with van der Waals surface area (Å²) in [7, 11) is 0. The smallest absolute Gasteiger partial charge is 0.126 e. The van der Waals surface area contributed by atoms with E-state index in [1.807, 2.05) is 0 Å². The number of halogens is 1. The number of hydrogen-bond donors (Lipinski definition) is 0. The average molecular weight is 926 g/mol. The molecule has 5 aromatic rings. The maximum absolute atomic E-state index is 7.20. The minimum Gasteiger partial charge on any atom is -0.492 e. The second kappa shape index (κ2) is 18.0. The summed E-state index contributed by atoms with van der Waals surface area (Å²) in [5.41, 5.74) is 17.2. The summed E-state index contributed by atoms with van der Waals surface area (Å²) in [6.45, 7) is 36.7. The van der Waals surface area contributed by atoms with Crippen molar-refractivity contribution in [3.05, 3.63) is 144 Å². The van der Waals surface area contributed by atoms with E-state index in [0.717, 1.165) is 73.3 Å². The zero-order chi connectivity index (χ0) is 48.4. The van der Waals surface area contributed by atoms with Crippen molar-refractivity contribution < 1.29 is 23.7 Å². The lowest BCUT2D eigenvalue weighted by Gasteiger charge is -2.28. The third-order valence-electron chi connectivity index (χ3n) is 13.9. The van der Waals surface area contributed by atoms with Gasteiger partial charge in [-0.15, -0.1) is 11.6 Å². The molecule has 3 aliphatic rings. The molecular weight excluding hydrogens is 848 g/mol. The third-order valence-corrected chi connectivity index (χ3v) is 14.1. The van der Waals surface area contributed by atoms with E-state index in [2.05, 4.69) is 165 Å². The second-order valence-corrected chi connectivity index (χ2v) is 25.1. The summed E-state index contributed by atoms with van der Waals surface area (Å²) in [6, 6.07) is 23.9. The van der Waals surface area contributed by atoms with Gasteiger partial charge in [0.15, 0.2) is 0 Å². The van der Waals surface area contributed by atoms with E-state index in [4.69, 9.17) is 35.3 Å². The van der Waals surface area contributed by atoms with Crippen molar-refractivity contribution in [3.8, 4) is 28.7 Å². The van der Waals surface area contributed by atoms with Gasteiger partial charge in [-0.3, -0.25) is 0 Å². The monoisotopic (exact) mass is 925 g/mol. The van der Waals surface area contributed by atoms with E-state index in [-0.39, 0.29) is 27.1 Å². The lowest BCUT2D eigenvalue weighted by molar-refractivity contribution is 0.211. The third kappa shape index (κ3) is 10.5. The average Bonchev–Trinajstić information content (AvgIpc) is 3.30. The highest BCUT2D eigenvalue weighted by Gasteiger charge is 2.31. The molecule has 0 fully saturated rings. The van der Waals surface area contributed by atoms with Crippen LogP contribution < -0.4 is 23.7 Å². The Morgan fingerprint density at radius 2 is 0.537 bits per heavy atom. The quantitative estimate of drug-likeness (QED) is 0.166. The van der Waals surface area contributed by atoms with Gasteiger partial charge in [-0.25, -0.2) is 0 Å². The first-order valence-electron chi connectivity index (χ1n) is 24.8. The molecule has 8 rings (SSSR count). The van der Waals surface area contributed by atoms with Crippen LogP contribution in [0.4, 0.5) is 0 Å². The van der Waals surface area contributed by atoms with E-state index < -0.39 is 0 Å². The number of alkyl halides is 1. The summed E-state index contributed by atoms with van der Waals surface area (Å²) in [5.74, 6) is 4.99. The summed E-state index contributed by atoms with van der Waals surface area (Å²) in [4.78, 5) is 0. The van der Waals surface area contributed by atoms with Gasteiger partial charge in [-0.05, 0) is 111 Å². The minimum atomic E-state index is -0.136. The van der Waals surface area contributed by atoms with Crippen LogP contribution in [0, 0.1) is 0 Å². The van der Waals surface area contributed by atoms with Gasteiger partial charge < -0.3 is 23.7 Å². The van der Waals surface area contributed by atoms with Gasteiger partial charge in [-0.2, -0.15) is 0 Å². The molecule has 0 saturated heterocycles. The van der Waals surface area contributed by atoms with Gasteiger partial charge in [0.1, 0.15) is 61.8 Å². The first-order chi connectivity index (χ1) is 31.3. The lowest BCUT2D eigenvalue weighted by atomic mass is 9.79. The molecule has 0 aliphatic carbocycles. The topological polar surface area (TPSA) is 46.2 Å². The normalized spacial score (nSPS) is 15.5. The van der Waals surface area contributed by atoms with Crippen LogP contribution in [0.2, 0.25) is 0 Å². The highest BCUT2D eigenvalue weighted by Crippen LogP contribution is 2.46. The van der Waals surface area contributed by atoms with E-state index in [1.54, 1.807) is 0 Å². The Morgan fingerprint density at radius 1 is 0.343 bits per heavy atom. The van der Waals surface area contributed by atoms with Crippen LogP contribution in [-0.2, 0) is 59.2 Å². The fraction of sp³-hybridized carbons (Fsp3) is 0.508. The second-order valence-electron chi connectivity index (χ2n) is 24.7. The molecule has 3 heterocycles. The van der Waals surface area contributed by atoms with E-state index in [0.29, 0.717) is 71.0 Å². The lowest BCUT2D eigenvalue weighted by Crippen LogP contribution is -2.18. The fourth-order valence-corrected chi connectivity index (χ4v) is 10.00. The Bertz CT molecular complexity index is 2500. The van der Waals surface area contributed by atoms with E-state index in [9.17, 15) is 0 Å². The molecule has 3 aliphatic heterocycles. The van der Waals surface area contributed by atoms with Gasteiger partial charge in [0.2, 0.25) is 0 Å². The molecule has 6 heteroatoms. The Kier molecular flexibility index (Phi) is 13.2. The largest absolute Gasteiger partial charge is 0.492 e. The Labute approximate surface area is 408 Å². The molecule has 5 nitrogen and oxygen atoms in total. The summed E-state index contributed by atoms with van der Waals surface area (Å²) >= 11 is 6.48. The molecule has 0 amide bonds. The first-order valence-corrected chi connectivity index (χ1v) is 25.3. The number of hydrogen-bond acceptors (Lipinski definition) is 5. The Hall–Kier alpha value is -4.61. The van der Waals surface area contributed by atoms with Crippen LogP contribution in [0.25, 0.3) is 0 Å². The molecule has 10 bridgehead atoms. The molecule has 0 unspecified atom stereocenters. The number of fused-ring (bicyclic) bond motifs is 5. The van der Waals surface area contributed by atoms with E-state index in [1.165, 1.54) is 38.9 Å². The molecule has 0 N–H and O–H groups in total. The van der Waals surface area contributed by atoms with Crippen LogP contribution in [0.3, 0.4) is 0 Å². The van der Waals surface area contributed by atoms with Crippen LogP contribution >= 0.6 is 11.6 Å². The molecule has 0 atom stereocenters. The summed E-state index contributed by atoms with van der Waals surface area (Å²) in [5, 5.41) is 0. The van der Waals surface area contributed by atoms with Crippen molar-refractivity contribution in [1.82, 2.24) is 0 Å². The maximum Gasteiger partial charge on any atom is 0.126 e. The predicted octanol–water partition coefficient (Wildman–Crippen LogP) is 14.6. The van der Waals surface area contributed by atoms with Gasteiger partial charge in [0, 0.05) is 32.1 Å². The van der Waals surface area contributed by atoms with Crippen molar-refractivity contribution >= 4 is 11.6 Å². The summed E-state index contributed by atoms with van der Waals surface area (Å²) in [6.07, 6.45) is 3.20. The molecule has 5 aromatic carbocycles. The number of rotatable bonds is 3. The molecule has 0 aromatic heterocycles. The van der Waals surface area contributed by atoms with Gasteiger partial charge >= 0.3 is 0 Å². The van der Waals surface area contributed by atoms with Crippen LogP contribution in [0.15, 0.2) is 60.7 Å². The van der Waals surface area contributed by atoms with Gasteiger partial charge in [-0.1, -0.05) is 165 Å². The Morgan fingerprint density at radius 3 is 0.731 bits per heavy atom. The van der Waals surface area contributed by atoms with Crippen molar-refractivity contribution in [2.75, 3.05) is 38.9 Å². The van der Waals surface area contributed by atoms with Gasteiger partial charge in [0.25, 0.3) is 0 Å². The molecule has 67 heavy (non-hydrogen) atoms. The number of ether oxygens (including phenoxy) is 5. The van der Waals surface area contributed by atoms with Crippen LogP contribution in [-0.4, -0.2) is 38.9 Å². The van der Waals surface area contributed by atoms with Crippen molar-refractivity contribution in [2.24, 2.45) is 0 Å². The maximum atomic E-state index is 7.20. The predicted molar refractivity (Wildman–Crippen MR) is 278 cm³/mol. The minimum absolute atomic E-state index is 0.108. The van der Waals surface area contributed by atoms with Crippen LogP contribution in [0.1, 0.15) is 187 Å². The standard InChI is InChI=1S/C61H77ClO5/c1-57(2,3)47-27-37-22-39-29-48(58(4,5)6)31-41-24-43-33-50(60(10,11)12)35-45-26-46-36-51(61(13,14)15)34-44(56(46)67-21-20-66-55(43)45)25-42-32-49(59(7,8)9)30-40(54(42)65-19-18-64-53(39)41)23-38(28-47)52(37)63-17-16-62/h27-36H,16-26H2,1-15H3. The summed E-state index contributed by atoms with van der Waals surface area (Å²) < 4.78 is 35.2.